The summed E-state index contributed by atoms with van der Waals surface area (Å²) in [5.74, 6) is -2.54. The second-order valence-corrected chi connectivity index (χ2v) is 3.80. The lowest BCUT2D eigenvalue weighted by atomic mass is 10.3. The van der Waals surface area contributed by atoms with Gasteiger partial charge in [-0.05, 0) is 13.8 Å². The highest BCUT2D eigenvalue weighted by Crippen LogP contribution is 2.14. The molecule has 0 amide bonds. The maximum absolute atomic E-state index is 12.9. The summed E-state index contributed by atoms with van der Waals surface area (Å²) in [4.78, 5) is 7.74. The van der Waals surface area contributed by atoms with E-state index in [-0.39, 0.29) is 12.1 Å². The van der Waals surface area contributed by atoms with Gasteiger partial charge in [-0.1, -0.05) is 0 Å². The first-order chi connectivity index (χ1) is 7.93. The molecule has 5 nitrogen and oxygen atoms in total. The zero-order chi connectivity index (χ0) is 12.9. The van der Waals surface area contributed by atoms with Crippen LogP contribution in [0.25, 0.3) is 0 Å². The predicted octanol–water partition coefficient (Wildman–Crippen LogP) is 1.27. The maximum atomic E-state index is 12.9. The molecule has 0 aromatic carbocycles. The Hall–Kier alpha value is -1.50. The number of hydrogen-bond donors (Lipinski definition) is 2. The average molecular weight is 246 g/mol. The third-order valence-corrected chi connectivity index (χ3v) is 1.79. The summed E-state index contributed by atoms with van der Waals surface area (Å²) < 4.78 is 31.1. The predicted molar refractivity (Wildman–Crippen MR) is 60.3 cm³/mol. The van der Waals surface area contributed by atoms with Crippen molar-refractivity contribution in [2.45, 2.75) is 25.9 Å². The van der Waals surface area contributed by atoms with Crippen LogP contribution in [0, 0.1) is 0 Å². The number of halogens is 2. The van der Waals surface area contributed by atoms with Gasteiger partial charge in [-0.2, -0.15) is 4.98 Å². The fourth-order valence-electron chi connectivity index (χ4n) is 1.01. The molecule has 0 aliphatic heterocycles. The van der Waals surface area contributed by atoms with Gasteiger partial charge in [0.1, 0.15) is 0 Å². The van der Waals surface area contributed by atoms with Crippen LogP contribution in [0.3, 0.4) is 0 Å². The largest absolute Gasteiger partial charge is 0.475 e. The van der Waals surface area contributed by atoms with Crippen molar-refractivity contribution in [2.24, 2.45) is 5.73 Å². The molecule has 0 aliphatic rings. The number of nitrogens with zero attached hydrogens (tertiary/aromatic N) is 2. The van der Waals surface area contributed by atoms with Crippen LogP contribution < -0.4 is 15.8 Å². The molecule has 1 aromatic rings. The molecular formula is C10H16F2N4O. The number of aromatic nitrogens is 2. The minimum absolute atomic E-state index is 0.0387. The Morgan fingerprint density at radius 2 is 2.24 bits per heavy atom. The van der Waals surface area contributed by atoms with E-state index in [4.69, 9.17) is 10.5 Å². The van der Waals surface area contributed by atoms with E-state index in [9.17, 15) is 8.78 Å². The molecule has 7 heteroatoms. The molecule has 1 heterocycles. The molecule has 0 saturated heterocycles. The molecule has 0 saturated carbocycles. The van der Waals surface area contributed by atoms with Gasteiger partial charge in [0.05, 0.1) is 19.2 Å². The third-order valence-electron chi connectivity index (χ3n) is 1.79. The normalized spacial score (nSPS) is 11.6. The minimum atomic E-state index is -2.97. The van der Waals surface area contributed by atoms with Crippen LogP contribution in [0.2, 0.25) is 0 Å². The molecule has 96 valence electrons. The first kappa shape index (κ1) is 13.6. The first-order valence-electron chi connectivity index (χ1n) is 5.24. The second-order valence-electron chi connectivity index (χ2n) is 3.80. The van der Waals surface area contributed by atoms with Crippen LogP contribution >= 0.6 is 0 Å². The van der Waals surface area contributed by atoms with Crippen molar-refractivity contribution in [1.82, 2.24) is 9.97 Å². The molecule has 3 N–H and O–H groups in total. The maximum Gasteiger partial charge on any atom is 0.277 e. The third kappa shape index (κ3) is 4.90. The Bertz CT molecular complexity index is 360. The molecule has 1 rings (SSSR count). The van der Waals surface area contributed by atoms with E-state index in [0.717, 1.165) is 0 Å². The fraction of sp³-hybridized carbons (Fsp3) is 0.600. The number of alkyl halides is 2. The average Bonchev–Trinajstić information content (AvgIpc) is 2.26. The van der Waals surface area contributed by atoms with Crippen molar-refractivity contribution in [2.75, 3.05) is 18.4 Å². The van der Waals surface area contributed by atoms with E-state index < -0.39 is 19.0 Å². The van der Waals surface area contributed by atoms with Gasteiger partial charge in [-0.15, -0.1) is 0 Å². The highest BCUT2D eigenvalue weighted by Gasteiger charge is 2.26. The van der Waals surface area contributed by atoms with Crippen LogP contribution in [0.15, 0.2) is 12.3 Å². The topological polar surface area (TPSA) is 73.1 Å². The van der Waals surface area contributed by atoms with Gasteiger partial charge >= 0.3 is 0 Å². The summed E-state index contributed by atoms with van der Waals surface area (Å²) in [5, 5.41) is 2.42. The molecule has 0 atom stereocenters. The smallest absolute Gasteiger partial charge is 0.277 e. The van der Waals surface area contributed by atoms with Gasteiger partial charge in [0.2, 0.25) is 11.8 Å². The van der Waals surface area contributed by atoms with E-state index in [0.29, 0.717) is 5.88 Å². The zero-order valence-corrected chi connectivity index (χ0v) is 9.78. The second kappa shape index (κ2) is 5.72. The van der Waals surface area contributed by atoms with E-state index in [1.54, 1.807) is 6.07 Å². The van der Waals surface area contributed by atoms with Gasteiger partial charge in [-0.3, -0.25) is 0 Å². The molecule has 0 fully saturated rings. The molecule has 1 aromatic heterocycles. The highest BCUT2D eigenvalue weighted by molar-refractivity contribution is 5.27. The Labute approximate surface area is 98.4 Å². The lowest BCUT2D eigenvalue weighted by Crippen LogP contribution is -2.35. The number of nitrogens with two attached hydrogens (primary N) is 1. The minimum Gasteiger partial charge on any atom is -0.475 e. The van der Waals surface area contributed by atoms with Crippen LogP contribution in [0.1, 0.15) is 13.8 Å². The molecule has 0 spiro atoms. The quantitative estimate of drug-likeness (QED) is 0.790. The monoisotopic (exact) mass is 246 g/mol. The first-order valence-corrected chi connectivity index (χ1v) is 5.24. The molecule has 0 aliphatic carbocycles. The van der Waals surface area contributed by atoms with Crippen molar-refractivity contribution in [3.8, 4) is 5.88 Å². The summed E-state index contributed by atoms with van der Waals surface area (Å²) in [7, 11) is 0. The summed E-state index contributed by atoms with van der Waals surface area (Å²) in [6.07, 6.45) is 1.40. The van der Waals surface area contributed by atoms with Gasteiger partial charge < -0.3 is 15.8 Å². The standard InChI is InChI=1S/C10H16F2N4O/c1-7(2)17-8-3-4-14-9(16-8)15-6-10(11,12)5-13/h3-4,7H,5-6,13H2,1-2H3,(H,14,15,16). The van der Waals surface area contributed by atoms with E-state index >= 15 is 0 Å². The van der Waals surface area contributed by atoms with Crippen LogP contribution in [-0.2, 0) is 0 Å². The number of nitrogens with one attached hydrogen (secondary N) is 1. The van der Waals surface area contributed by atoms with Crippen molar-refractivity contribution in [3.05, 3.63) is 12.3 Å². The van der Waals surface area contributed by atoms with E-state index in [1.807, 2.05) is 13.8 Å². The number of rotatable bonds is 6. The number of ether oxygens (including phenoxy) is 1. The molecular weight excluding hydrogens is 230 g/mol. The molecule has 17 heavy (non-hydrogen) atoms. The Morgan fingerprint density at radius 3 is 2.82 bits per heavy atom. The number of anilines is 1. The lowest BCUT2D eigenvalue weighted by molar-refractivity contribution is 0.0252. The van der Waals surface area contributed by atoms with Crippen molar-refractivity contribution in [3.63, 3.8) is 0 Å². The lowest BCUT2D eigenvalue weighted by Gasteiger charge is -2.15. The van der Waals surface area contributed by atoms with Crippen molar-refractivity contribution >= 4 is 5.95 Å². The van der Waals surface area contributed by atoms with Gasteiger partial charge in [0.25, 0.3) is 5.92 Å². The Kier molecular flexibility index (Phi) is 4.56. The van der Waals surface area contributed by atoms with Gasteiger partial charge in [-0.25, -0.2) is 13.8 Å². The number of hydrogen-bond acceptors (Lipinski definition) is 5. The summed E-state index contributed by atoms with van der Waals surface area (Å²) in [6, 6.07) is 1.56. The zero-order valence-electron chi connectivity index (χ0n) is 9.78. The highest BCUT2D eigenvalue weighted by atomic mass is 19.3. The summed E-state index contributed by atoms with van der Waals surface area (Å²) >= 11 is 0. The van der Waals surface area contributed by atoms with Crippen molar-refractivity contribution in [1.29, 1.82) is 0 Å². The van der Waals surface area contributed by atoms with Gasteiger partial charge in [0.15, 0.2) is 0 Å². The molecule has 0 bridgehead atoms. The fourth-order valence-corrected chi connectivity index (χ4v) is 1.01. The van der Waals surface area contributed by atoms with Gasteiger partial charge in [0, 0.05) is 12.3 Å². The molecule has 0 radical (unpaired) electrons. The van der Waals surface area contributed by atoms with E-state index in [1.165, 1.54) is 6.20 Å². The molecule has 0 unspecified atom stereocenters. The van der Waals surface area contributed by atoms with Crippen molar-refractivity contribution < 1.29 is 13.5 Å². The summed E-state index contributed by atoms with van der Waals surface area (Å²) in [5.41, 5.74) is 4.91. The Morgan fingerprint density at radius 1 is 1.53 bits per heavy atom. The summed E-state index contributed by atoms with van der Waals surface area (Å²) in [6.45, 7) is 2.37. The SMILES string of the molecule is CC(C)Oc1ccnc(NCC(F)(F)CN)n1. The Balaban J connectivity index is 2.60. The van der Waals surface area contributed by atoms with Crippen LogP contribution in [0.4, 0.5) is 14.7 Å². The van der Waals surface area contributed by atoms with Crippen LogP contribution in [0.5, 0.6) is 5.88 Å². The van der Waals surface area contributed by atoms with E-state index in [2.05, 4.69) is 15.3 Å². The van der Waals surface area contributed by atoms with Crippen LogP contribution in [-0.4, -0.2) is 35.1 Å².